The first-order valence-electron chi connectivity index (χ1n) is 11.6. The maximum absolute atomic E-state index is 13.5. The number of amides is 1. The minimum atomic E-state index is -3.87. The van der Waals surface area contributed by atoms with Gasteiger partial charge in [0.2, 0.25) is 16.0 Å². The minimum Gasteiger partial charge on any atom is -0.465 e. The van der Waals surface area contributed by atoms with Crippen LogP contribution in [0.5, 0.6) is 0 Å². The van der Waals surface area contributed by atoms with Gasteiger partial charge in [-0.05, 0) is 58.1 Å². The Bertz CT molecular complexity index is 1340. The van der Waals surface area contributed by atoms with E-state index in [1.807, 2.05) is 6.07 Å². The molecule has 1 aliphatic rings. The summed E-state index contributed by atoms with van der Waals surface area (Å²) in [6, 6.07) is 5.21. The van der Waals surface area contributed by atoms with Gasteiger partial charge in [0, 0.05) is 47.2 Å². The maximum Gasteiger partial charge on any atom is 0.404 e. The molecule has 0 saturated heterocycles. The fourth-order valence-electron chi connectivity index (χ4n) is 4.33. The van der Waals surface area contributed by atoms with Crippen molar-refractivity contribution in [2.75, 3.05) is 5.73 Å². The lowest BCUT2D eigenvalue weighted by atomic mass is 9.86. The molecule has 1 fully saturated rings. The number of sulfonamides is 1. The Hall–Kier alpha value is -3.09. The van der Waals surface area contributed by atoms with Crippen LogP contribution < -0.4 is 15.8 Å². The van der Waals surface area contributed by atoms with Crippen LogP contribution in [0.25, 0.3) is 21.6 Å². The first-order chi connectivity index (χ1) is 16.9. The van der Waals surface area contributed by atoms with Crippen LogP contribution in [0, 0.1) is 0 Å². The molecule has 3 aromatic rings. The van der Waals surface area contributed by atoms with Crippen LogP contribution in [0.1, 0.15) is 57.4 Å². The molecule has 0 spiro atoms. The van der Waals surface area contributed by atoms with E-state index in [4.69, 9.17) is 10.8 Å². The van der Waals surface area contributed by atoms with Crippen molar-refractivity contribution in [3.63, 3.8) is 0 Å². The highest BCUT2D eigenvalue weighted by atomic mass is 32.2. The molecule has 1 aromatic carbocycles. The summed E-state index contributed by atoms with van der Waals surface area (Å²) in [6.45, 7) is 5.38. The smallest absolute Gasteiger partial charge is 0.404 e. The van der Waals surface area contributed by atoms with Crippen molar-refractivity contribution in [3.8, 4) is 21.6 Å². The summed E-state index contributed by atoms with van der Waals surface area (Å²) in [5, 5.41) is 12.4. The van der Waals surface area contributed by atoms with E-state index >= 15 is 0 Å². The van der Waals surface area contributed by atoms with Gasteiger partial charge in [0.15, 0.2) is 0 Å². The molecule has 0 radical (unpaired) electrons. The summed E-state index contributed by atoms with van der Waals surface area (Å²) in [5.41, 5.74) is 6.81. The van der Waals surface area contributed by atoms with Gasteiger partial charge in [-0.25, -0.2) is 32.9 Å². The van der Waals surface area contributed by atoms with Crippen LogP contribution in [0.15, 0.2) is 41.7 Å². The third kappa shape index (κ3) is 6.18. The van der Waals surface area contributed by atoms with E-state index in [1.165, 1.54) is 11.3 Å². The molecule has 4 rings (SSSR count). The van der Waals surface area contributed by atoms with Crippen molar-refractivity contribution >= 4 is 33.4 Å². The number of nitrogen functional groups attached to an aromatic ring is 1. The highest BCUT2D eigenvalue weighted by Crippen LogP contribution is 2.40. The number of carbonyl (C=O) groups is 1. The fraction of sp³-hybridized carbons (Fsp3) is 0.417. The Morgan fingerprint density at radius 3 is 2.33 bits per heavy atom. The van der Waals surface area contributed by atoms with E-state index in [-0.39, 0.29) is 22.8 Å². The molecule has 0 bridgehead atoms. The van der Waals surface area contributed by atoms with Gasteiger partial charge in [-0.3, -0.25) is 0 Å². The molecule has 0 aliphatic heterocycles. The summed E-state index contributed by atoms with van der Waals surface area (Å²) in [7, 11) is -3.87. The zero-order valence-electron chi connectivity index (χ0n) is 20.4. The molecule has 36 heavy (non-hydrogen) atoms. The van der Waals surface area contributed by atoms with E-state index in [2.05, 4.69) is 25.0 Å². The standard InChI is InChI=1S/C24H30N6O4S2/c1-24(2,3)30-36(33,34)20-10-15(16-11-27-22(25)28-12-16)6-9-18(20)19-13-26-21(35-19)14-4-7-17(8-5-14)29-23(31)32/h6,9-14,17,29-30H,4-5,7-8H2,1-3H3,(H,31,32)(H2,25,27,28). The van der Waals surface area contributed by atoms with Crippen LogP contribution in [-0.4, -0.2) is 46.2 Å². The first kappa shape index (κ1) is 26.0. The number of anilines is 1. The topological polar surface area (TPSA) is 160 Å². The molecular weight excluding hydrogens is 500 g/mol. The average Bonchev–Trinajstić information content (AvgIpc) is 3.28. The number of nitrogens with one attached hydrogen (secondary N) is 2. The van der Waals surface area contributed by atoms with E-state index in [0.717, 1.165) is 35.6 Å². The Labute approximate surface area is 214 Å². The van der Waals surface area contributed by atoms with Crippen LogP contribution >= 0.6 is 11.3 Å². The van der Waals surface area contributed by atoms with Crippen LogP contribution in [0.4, 0.5) is 10.7 Å². The van der Waals surface area contributed by atoms with Crippen molar-refractivity contribution in [2.45, 2.75) is 68.8 Å². The number of carboxylic acid groups (broad SMARTS) is 1. The van der Waals surface area contributed by atoms with Crippen LogP contribution in [-0.2, 0) is 10.0 Å². The van der Waals surface area contributed by atoms with E-state index in [9.17, 15) is 13.2 Å². The van der Waals surface area contributed by atoms with Gasteiger partial charge in [0.05, 0.1) is 14.8 Å². The molecule has 5 N–H and O–H groups in total. The van der Waals surface area contributed by atoms with Crippen molar-refractivity contribution in [2.24, 2.45) is 0 Å². The molecule has 12 heteroatoms. The number of nitrogens with zero attached hydrogens (tertiary/aromatic N) is 3. The summed E-state index contributed by atoms with van der Waals surface area (Å²) in [4.78, 5) is 24.5. The van der Waals surface area contributed by atoms with Gasteiger partial charge < -0.3 is 16.2 Å². The SMILES string of the molecule is CC(C)(C)NS(=O)(=O)c1cc(-c2cnc(N)nc2)ccc1-c1cnc(C2CCC(NC(=O)O)CC2)s1. The fourth-order valence-corrected chi connectivity index (χ4v) is 7.19. The Morgan fingerprint density at radius 1 is 1.06 bits per heavy atom. The normalized spacial score (nSPS) is 18.6. The quantitative estimate of drug-likeness (QED) is 0.368. The Balaban J connectivity index is 1.68. The van der Waals surface area contributed by atoms with Gasteiger partial charge in [0.1, 0.15) is 0 Å². The third-order valence-electron chi connectivity index (χ3n) is 5.91. The highest BCUT2D eigenvalue weighted by molar-refractivity contribution is 7.89. The van der Waals surface area contributed by atoms with E-state index in [1.54, 1.807) is 51.5 Å². The monoisotopic (exact) mass is 530 g/mol. The van der Waals surface area contributed by atoms with Crippen molar-refractivity contribution < 1.29 is 18.3 Å². The van der Waals surface area contributed by atoms with Crippen molar-refractivity contribution in [3.05, 3.63) is 41.8 Å². The second-order valence-corrected chi connectivity index (χ2v) is 12.7. The average molecular weight is 531 g/mol. The minimum absolute atomic E-state index is 0.0386. The predicted molar refractivity (Wildman–Crippen MR) is 139 cm³/mol. The molecule has 1 saturated carbocycles. The van der Waals surface area contributed by atoms with Gasteiger partial charge in [-0.2, -0.15) is 0 Å². The zero-order valence-corrected chi connectivity index (χ0v) is 22.0. The molecule has 10 nitrogen and oxygen atoms in total. The summed E-state index contributed by atoms with van der Waals surface area (Å²) in [6.07, 6.45) is 6.99. The summed E-state index contributed by atoms with van der Waals surface area (Å²) in [5.74, 6) is 0.358. The molecule has 1 amide bonds. The highest BCUT2D eigenvalue weighted by Gasteiger charge is 2.29. The summed E-state index contributed by atoms with van der Waals surface area (Å²) >= 11 is 1.48. The lowest BCUT2D eigenvalue weighted by molar-refractivity contribution is 0.185. The number of thiazole rings is 1. The number of benzene rings is 1. The molecule has 1 aliphatic carbocycles. The van der Waals surface area contributed by atoms with Crippen LogP contribution in [0.2, 0.25) is 0 Å². The molecule has 0 unspecified atom stereocenters. The Morgan fingerprint density at radius 2 is 1.72 bits per heavy atom. The van der Waals surface area contributed by atoms with E-state index in [0.29, 0.717) is 16.7 Å². The van der Waals surface area contributed by atoms with Crippen molar-refractivity contribution in [1.29, 1.82) is 0 Å². The number of rotatable bonds is 6. The first-order valence-corrected chi connectivity index (χ1v) is 13.9. The van der Waals surface area contributed by atoms with Crippen molar-refractivity contribution in [1.82, 2.24) is 25.0 Å². The maximum atomic E-state index is 13.5. The van der Waals surface area contributed by atoms with Gasteiger partial charge in [0.25, 0.3) is 0 Å². The second kappa shape index (κ2) is 10.1. The Kier molecular flexibility index (Phi) is 7.30. The molecule has 0 atom stereocenters. The van der Waals surface area contributed by atoms with Gasteiger partial charge in [-0.15, -0.1) is 11.3 Å². The number of hydrogen-bond donors (Lipinski definition) is 4. The van der Waals surface area contributed by atoms with E-state index < -0.39 is 21.7 Å². The number of nitrogens with two attached hydrogens (primary N) is 1. The predicted octanol–water partition coefficient (Wildman–Crippen LogP) is 4.22. The lowest BCUT2D eigenvalue weighted by Gasteiger charge is -2.27. The van der Waals surface area contributed by atoms with Crippen LogP contribution in [0.3, 0.4) is 0 Å². The largest absolute Gasteiger partial charge is 0.465 e. The molecule has 2 heterocycles. The third-order valence-corrected chi connectivity index (χ3v) is 8.90. The van der Waals surface area contributed by atoms with Gasteiger partial charge >= 0.3 is 6.09 Å². The molecule has 192 valence electrons. The second-order valence-electron chi connectivity index (χ2n) is 9.96. The lowest BCUT2D eigenvalue weighted by Crippen LogP contribution is -2.40. The molecular formula is C24H30N6O4S2. The number of aromatic nitrogens is 3. The number of hydrogen-bond acceptors (Lipinski definition) is 8. The summed E-state index contributed by atoms with van der Waals surface area (Å²) < 4.78 is 29.7. The molecule has 2 aromatic heterocycles. The zero-order chi connectivity index (χ0) is 26.1. The van der Waals surface area contributed by atoms with Gasteiger partial charge in [-0.1, -0.05) is 12.1 Å².